The van der Waals surface area contributed by atoms with E-state index in [-0.39, 0.29) is 11.1 Å². The summed E-state index contributed by atoms with van der Waals surface area (Å²) < 4.78 is 0.603. The lowest BCUT2D eigenvalue weighted by atomic mass is 9.94. The van der Waals surface area contributed by atoms with Crippen LogP contribution in [0.15, 0.2) is 169 Å². The van der Waals surface area contributed by atoms with Crippen molar-refractivity contribution < 1.29 is 19.8 Å². The maximum absolute atomic E-state index is 11.4. The van der Waals surface area contributed by atoms with Crippen LogP contribution in [0, 0.1) is 0 Å². The van der Waals surface area contributed by atoms with Crippen molar-refractivity contribution >= 4 is 39.2 Å². The van der Waals surface area contributed by atoms with E-state index in [9.17, 15) is 19.8 Å². The van der Waals surface area contributed by atoms with E-state index in [0.29, 0.717) is 10.2 Å². The van der Waals surface area contributed by atoms with Gasteiger partial charge in [0.15, 0.2) is 0 Å². The monoisotopic (exact) mass is 695 g/mol. The molecule has 6 aromatic rings. The van der Waals surface area contributed by atoms with Gasteiger partial charge in [-0.05, 0) is 79.6 Å². The smallest absolute Gasteiger partial charge is 0.337 e. The van der Waals surface area contributed by atoms with Crippen molar-refractivity contribution in [1.82, 2.24) is 5.53 Å². The predicted octanol–water partition coefficient (Wildman–Crippen LogP) is 9.75. The molecule has 6 aromatic carbocycles. The third-order valence-electron chi connectivity index (χ3n) is 7.74. The number of anilines is 2. The van der Waals surface area contributed by atoms with Crippen LogP contribution in [0.25, 0.3) is 33.4 Å². The summed E-state index contributed by atoms with van der Waals surface area (Å²) in [6, 6.07) is 48.6. The number of para-hydroxylation sites is 1. The Kier molecular flexibility index (Phi) is 9.76. The molecule has 0 aliphatic carbocycles. The van der Waals surface area contributed by atoms with Crippen LogP contribution < -0.4 is 15.6 Å². The lowest BCUT2D eigenvalue weighted by Gasteiger charge is -2.24. The number of nitrogens with one attached hydrogen (secondary N) is 1. The first kappa shape index (κ1) is 32.0. The number of nitrogens with zero attached hydrogens (tertiary/aromatic N) is 2. The van der Waals surface area contributed by atoms with E-state index in [1.54, 1.807) is 41.5 Å². The van der Waals surface area contributed by atoms with Crippen LogP contribution in [0.4, 0.5) is 11.4 Å². The second-order valence-corrected chi connectivity index (χ2v) is 11.6. The molecule has 0 unspecified atom stereocenters. The highest BCUT2D eigenvalue weighted by molar-refractivity contribution is 9.10. The summed E-state index contributed by atoms with van der Waals surface area (Å²) in [6.07, 6.45) is 3.67. The van der Waals surface area contributed by atoms with E-state index in [1.807, 2.05) is 108 Å². The molecule has 0 saturated heterocycles. The molecule has 236 valence electrons. The molecular weight excluding hydrogens is 666 g/mol. The highest BCUT2D eigenvalue weighted by Crippen LogP contribution is 2.37. The minimum Gasteiger partial charge on any atom is -0.478 e. The fourth-order valence-electron chi connectivity index (χ4n) is 5.42. The Bertz CT molecular complexity index is 2100. The predicted molar refractivity (Wildman–Crippen MR) is 194 cm³/mol. The third-order valence-corrected chi connectivity index (χ3v) is 8.59. The van der Waals surface area contributed by atoms with E-state index in [4.69, 9.17) is 0 Å². The molecule has 0 atom stereocenters. The first-order valence-corrected chi connectivity index (χ1v) is 15.9. The van der Waals surface area contributed by atoms with Gasteiger partial charge < -0.3 is 10.2 Å². The standard InChI is InChI=1S/C21H17N3O2.C19H13BrO2/c25-21(26)19-11-4-5-12-20(19)24-14-13-23(22-24)18-10-6-9-17(15-18)16-7-2-1-3-8-16;20-18-16(11-6-12-17(18)19(21)22)15-10-5-4-9-14(15)13-7-2-1-3-8-13/h1-15,22H,(H,25,26);1-12H,(H,21,22). The number of rotatable bonds is 7. The van der Waals surface area contributed by atoms with Crippen molar-refractivity contribution in [2.45, 2.75) is 0 Å². The van der Waals surface area contributed by atoms with E-state index < -0.39 is 11.9 Å². The molecule has 0 bridgehead atoms. The van der Waals surface area contributed by atoms with Gasteiger partial charge >= 0.3 is 11.9 Å². The maximum atomic E-state index is 11.4. The summed E-state index contributed by atoms with van der Waals surface area (Å²) in [7, 11) is 0. The van der Waals surface area contributed by atoms with Crippen LogP contribution in [0.3, 0.4) is 0 Å². The van der Waals surface area contributed by atoms with Crippen LogP contribution in [0.2, 0.25) is 0 Å². The highest BCUT2D eigenvalue weighted by Gasteiger charge is 2.20. The van der Waals surface area contributed by atoms with Crippen LogP contribution in [-0.2, 0) is 0 Å². The van der Waals surface area contributed by atoms with Crippen molar-refractivity contribution in [3.8, 4) is 33.4 Å². The highest BCUT2D eigenvalue weighted by atomic mass is 79.9. The Morgan fingerprint density at radius 1 is 0.500 bits per heavy atom. The molecule has 7 nitrogen and oxygen atoms in total. The summed E-state index contributed by atoms with van der Waals surface area (Å²) in [5, 5.41) is 22.2. The summed E-state index contributed by atoms with van der Waals surface area (Å²) >= 11 is 3.44. The number of carboxylic acid groups (broad SMARTS) is 2. The molecule has 7 rings (SSSR count). The van der Waals surface area contributed by atoms with Gasteiger partial charge in [0, 0.05) is 16.9 Å². The van der Waals surface area contributed by atoms with Crippen molar-refractivity contribution in [2.24, 2.45) is 0 Å². The number of aromatic carboxylic acids is 2. The minimum absolute atomic E-state index is 0.240. The second-order valence-electron chi connectivity index (χ2n) is 10.8. The maximum Gasteiger partial charge on any atom is 0.337 e. The third kappa shape index (κ3) is 7.05. The van der Waals surface area contributed by atoms with E-state index in [1.165, 1.54) is 0 Å². The van der Waals surface area contributed by atoms with Gasteiger partial charge in [-0.3, -0.25) is 10.0 Å². The van der Waals surface area contributed by atoms with Crippen molar-refractivity contribution in [2.75, 3.05) is 10.0 Å². The molecule has 0 spiro atoms. The SMILES string of the molecule is O=C(O)c1cccc(-c2ccccc2-c2ccccc2)c1Br.O=C(O)c1ccccc1N1C=CN(c2cccc(-c3ccccc3)c2)N1. The first-order chi connectivity index (χ1) is 23.4. The minimum atomic E-state index is -0.958. The number of halogens is 1. The van der Waals surface area contributed by atoms with Crippen LogP contribution in [0.5, 0.6) is 0 Å². The zero-order valence-electron chi connectivity index (χ0n) is 25.6. The molecule has 1 heterocycles. The normalized spacial score (nSPS) is 11.9. The van der Waals surface area contributed by atoms with E-state index in [0.717, 1.165) is 39.1 Å². The largest absolute Gasteiger partial charge is 0.478 e. The summed E-state index contributed by atoms with van der Waals surface area (Å²) in [5.74, 6) is -1.90. The van der Waals surface area contributed by atoms with Gasteiger partial charge in [0.05, 0.1) is 22.5 Å². The topological polar surface area (TPSA) is 93.1 Å². The number of carbonyl (C=O) groups is 2. The number of carboxylic acids is 2. The van der Waals surface area contributed by atoms with Gasteiger partial charge in [0.1, 0.15) is 0 Å². The molecule has 0 amide bonds. The Balaban J connectivity index is 0.000000170. The number of benzene rings is 6. The second kappa shape index (κ2) is 14.6. The van der Waals surface area contributed by atoms with Gasteiger partial charge in [0.25, 0.3) is 0 Å². The van der Waals surface area contributed by atoms with Crippen molar-refractivity contribution in [3.63, 3.8) is 0 Å². The summed E-state index contributed by atoms with van der Waals surface area (Å²) in [4.78, 5) is 22.8. The molecule has 0 fully saturated rings. The number of hydrogen-bond acceptors (Lipinski definition) is 5. The van der Waals surface area contributed by atoms with Gasteiger partial charge in [-0.25, -0.2) is 9.59 Å². The average Bonchev–Trinajstić information content (AvgIpc) is 3.63. The Hall–Kier alpha value is -5.96. The molecule has 8 heteroatoms. The molecule has 1 aliphatic heterocycles. The van der Waals surface area contributed by atoms with E-state index in [2.05, 4.69) is 45.7 Å². The molecule has 0 aromatic heterocycles. The average molecular weight is 697 g/mol. The molecule has 0 saturated carbocycles. The molecule has 48 heavy (non-hydrogen) atoms. The molecule has 1 aliphatic rings. The first-order valence-electron chi connectivity index (χ1n) is 15.1. The number of hydrazine groups is 2. The molecule has 3 N–H and O–H groups in total. The molecular formula is C40H30BrN3O4. The van der Waals surface area contributed by atoms with Gasteiger partial charge in [0.2, 0.25) is 0 Å². The van der Waals surface area contributed by atoms with Gasteiger partial charge in [-0.2, -0.15) is 0 Å². The van der Waals surface area contributed by atoms with Crippen molar-refractivity contribution in [1.29, 1.82) is 0 Å². The summed E-state index contributed by atoms with van der Waals surface area (Å²) in [5.41, 5.74) is 11.5. The fraction of sp³-hybridized carbons (Fsp3) is 0. The van der Waals surface area contributed by atoms with Crippen LogP contribution >= 0.6 is 15.9 Å². The molecule has 0 radical (unpaired) electrons. The van der Waals surface area contributed by atoms with Crippen LogP contribution in [-0.4, -0.2) is 22.2 Å². The van der Waals surface area contributed by atoms with E-state index >= 15 is 0 Å². The van der Waals surface area contributed by atoms with Crippen molar-refractivity contribution in [3.05, 3.63) is 180 Å². The Labute approximate surface area is 286 Å². The quantitative estimate of drug-likeness (QED) is 0.153. The summed E-state index contributed by atoms with van der Waals surface area (Å²) in [6.45, 7) is 0. The van der Waals surface area contributed by atoms with Crippen LogP contribution in [0.1, 0.15) is 20.7 Å². The lowest BCUT2D eigenvalue weighted by Crippen LogP contribution is -2.40. The van der Waals surface area contributed by atoms with Gasteiger partial charge in [-0.1, -0.05) is 121 Å². The lowest BCUT2D eigenvalue weighted by molar-refractivity contribution is 0.0686. The number of hydrogen-bond donors (Lipinski definition) is 3. The zero-order chi connectivity index (χ0) is 33.5. The fourth-order valence-corrected chi connectivity index (χ4v) is 6.06. The Morgan fingerprint density at radius 3 is 1.73 bits per heavy atom. The van der Waals surface area contributed by atoms with Gasteiger partial charge in [-0.15, -0.1) is 5.53 Å². The Morgan fingerprint density at radius 2 is 1.02 bits per heavy atom. The zero-order valence-corrected chi connectivity index (χ0v) is 27.2.